The molecular weight excluding hydrogens is 254 g/mol. The molecule has 2 N–H and O–H groups in total. The van der Waals surface area contributed by atoms with Crippen molar-refractivity contribution in [3.8, 4) is 0 Å². The lowest BCUT2D eigenvalue weighted by atomic mass is 9.77. The summed E-state index contributed by atoms with van der Waals surface area (Å²) in [5.74, 6) is 0. The quantitative estimate of drug-likeness (QED) is 0.669. The minimum absolute atomic E-state index is 0.0921. The average Bonchev–Trinajstić information content (AvgIpc) is 2.48. The molecule has 1 aromatic carbocycles. The van der Waals surface area contributed by atoms with Crippen LogP contribution < -0.4 is 5.73 Å². The standard InChI is InChI=1S/C15H17N3O2/c1-15(11-16,9-12-3-2-8-17-10-12)13-4-6-14(7-5-13)18(19)20/h2-8,10H,9,11,16H2,1H3. The highest BCUT2D eigenvalue weighted by atomic mass is 16.6. The van der Waals surface area contributed by atoms with E-state index in [4.69, 9.17) is 5.73 Å². The molecule has 0 aliphatic heterocycles. The second-order valence-corrected chi connectivity index (χ2v) is 5.11. The highest BCUT2D eigenvalue weighted by Gasteiger charge is 2.26. The zero-order chi connectivity index (χ0) is 14.6. The van der Waals surface area contributed by atoms with Crippen LogP contribution in [-0.2, 0) is 11.8 Å². The van der Waals surface area contributed by atoms with Gasteiger partial charge in [-0.3, -0.25) is 15.1 Å². The van der Waals surface area contributed by atoms with Crippen molar-refractivity contribution < 1.29 is 4.92 Å². The SMILES string of the molecule is CC(CN)(Cc1cccnc1)c1ccc([N+](=O)[O-])cc1. The monoisotopic (exact) mass is 271 g/mol. The van der Waals surface area contributed by atoms with Crippen LogP contribution in [0.4, 0.5) is 5.69 Å². The summed E-state index contributed by atoms with van der Waals surface area (Å²) in [7, 11) is 0. The molecule has 0 fully saturated rings. The number of non-ortho nitro benzene ring substituents is 1. The lowest BCUT2D eigenvalue weighted by Gasteiger charge is -2.28. The number of nitrogens with two attached hydrogens (primary N) is 1. The van der Waals surface area contributed by atoms with Crippen molar-refractivity contribution in [2.75, 3.05) is 6.54 Å². The molecule has 0 aliphatic rings. The average molecular weight is 271 g/mol. The smallest absolute Gasteiger partial charge is 0.269 e. The van der Waals surface area contributed by atoms with Crippen LogP contribution in [-0.4, -0.2) is 16.5 Å². The fourth-order valence-corrected chi connectivity index (χ4v) is 2.23. The molecule has 1 aromatic heterocycles. The van der Waals surface area contributed by atoms with Gasteiger partial charge in [0, 0.05) is 36.5 Å². The van der Waals surface area contributed by atoms with E-state index in [0.29, 0.717) is 6.54 Å². The summed E-state index contributed by atoms with van der Waals surface area (Å²) in [4.78, 5) is 14.4. The molecule has 0 saturated carbocycles. The Bertz CT molecular complexity index is 584. The van der Waals surface area contributed by atoms with Crippen LogP contribution in [0, 0.1) is 10.1 Å². The normalized spacial score (nSPS) is 13.7. The van der Waals surface area contributed by atoms with Gasteiger partial charge in [0.05, 0.1) is 4.92 Å². The Morgan fingerprint density at radius 3 is 2.50 bits per heavy atom. The Labute approximate surface area is 117 Å². The van der Waals surface area contributed by atoms with E-state index in [-0.39, 0.29) is 11.1 Å². The summed E-state index contributed by atoms with van der Waals surface area (Å²) >= 11 is 0. The number of pyridine rings is 1. The molecule has 0 amide bonds. The third kappa shape index (κ3) is 3.00. The largest absolute Gasteiger partial charge is 0.330 e. The van der Waals surface area contributed by atoms with Gasteiger partial charge in [-0.15, -0.1) is 0 Å². The van der Waals surface area contributed by atoms with E-state index in [0.717, 1.165) is 17.5 Å². The third-order valence-corrected chi connectivity index (χ3v) is 3.54. The van der Waals surface area contributed by atoms with Crippen molar-refractivity contribution in [1.82, 2.24) is 4.98 Å². The van der Waals surface area contributed by atoms with Gasteiger partial charge in [-0.1, -0.05) is 25.1 Å². The predicted molar refractivity (Wildman–Crippen MR) is 77.4 cm³/mol. The highest BCUT2D eigenvalue weighted by molar-refractivity contribution is 5.37. The van der Waals surface area contributed by atoms with Gasteiger partial charge >= 0.3 is 0 Å². The van der Waals surface area contributed by atoms with E-state index in [1.165, 1.54) is 12.1 Å². The number of nitro benzene ring substituents is 1. The first-order chi connectivity index (χ1) is 9.55. The number of nitrogens with zero attached hydrogens (tertiary/aromatic N) is 2. The molecule has 2 aromatic rings. The summed E-state index contributed by atoms with van der Waals surface area (Å²) in [5.41, 5.74) is 7.85. The van der Waals surface area contributed by atoms with Gasteiger partial charge in [0.15, 0.2) is 0 Å². The molecule has 1 unspecified atom stereocenters. The predicted octanol–water partition coefficient (Wildman–Crippen LogP) is 2.45. The molecule has 20 heavy (non-hydrogen) atoms. The van der Waals surface area contributed by atoms with Gasteiger partial charge in [0.1, 0.15) is 0 Å². The van der Waals surface area contributed by atoms with Crippen molar-refractivity contribution in [2.24, 2.45) is 5.73 Å². The molecule has 1 heterocycles. The van der Waals surface area contributed by atoms with Gasteiger partial charge < -0.3 is 5.73 Å². The van der Waals surface area contributed by atoms with Gasteiger partial charge in [-0.25, -0.2) is 0 Å². The van der Waals surface area contributed by atoms with Crippen LogP contribution in [0.15, 0.2) is 48.8 Å². The maximum atomic E-state index is 10.7. The maximum absolute atomic E-state index is 10.7. The summed E-state index contributed by atoms with van der Waals surface area (Å²) in [5, 5.41) is 10.7. The van der Waals surface area contributed by atoms with Crippen LogP contribution >= 0.6 is 0 Å². The molecule has 0 spiro atoms. The van der Waals surface area contributed by atoms with Crippen LogP contribution in [0.3, 0.4) is 0 Å². The number of aromatic nitrogens is 1. The second-order valence-electron chi connectivity index (χ2n) is 5.11. The lowest BCUT2D eigenvalue weighted by molar-refractivity contribution is -0.384. The first kappa shape index (κ1) is 14.1. The van der Waals surface area contributed by atoms with Gasteiger partial charge in [0.2, 0.25) is 0 Å². The molecule has 104 valence electrons. The first-order valence-corrected chi connectivity index (χ1v) is 6.39. The zero-order valence-corrected chi connectivity index (χ0v) is 11.3. The highest BCUT2D eigenvalue weighted by Crippen LogP contribution is 2.28. The Balaban J connectivity index is 2.28. The summed E-state index contributed by atoms with van der Waals surface area (Å²) < 4.78 is 0. The van der Waals surface area contributed by atoms with Gasteiger partial charge in [0.25, 0.3) is 5.69 Å². The molecule has 5 nitrogen and oxygen atoms in total. The van der Waals surface area contributed by atoms with E-state index >= 15 is 0 Å². The van der Waals surface area contributed by atoms with Crippen molar-refractivity contribution in [3.05, 3.63) is 70.0 Å². The van der Waals surface area contributed by atoms with Crippen LogP contribution in [0.2, 0.25) is 0 Å². The third-order valence-electron chi connectivity index (χ3n) is 3.54. The first-order valence-electron chi connectivity index (χ1n) is 6.39. The van der Waals surface area contributed by atoms with Crippen molar-refractivity contribution in [2.45, 2.75) is 18.8 Å². The zero-order valence-electron chi connectivity index (χ0n) is 11.3. The van der Waals surface area contributed by atoms with Crippen LogP contribution in [0.25, 0.3) is 0 Å². The number of rotatable bonds is 5. The Morgan fingerprint density at radius 1 is 1.30 bits per heavy atom. The van der Waals surface area contributed by atoms with E-state index in [2.05, 4.69) is 11.9 Å². The lowest BCUT2D eigenvalue weighted by Crippen LogP contribution is -2.34. The molecular formula is C15H17N3O2. The summed E-state index contributed by atoms with van der Waals surface area (Å²) in [6, 6.07) is 10.5. The van der Waals surface area contributed by atoms with Crippen molar-refractivity contribution >= 4 is 5.69 Å². The topological polar surface area (TPSA) is 82.0 Å². The van der Waals surface area contributed by atoms with Gasteiger partial charge in [-0.2, -0.15) is 0 Å². The van der Waals surface area contributed by atoms with Crippen molar-refractivity contribution in [1.29, 1.82) is 0 Å². The molecule has 0 radical (unpaired) electrons. The van der Waals surface area contributed by atoms with Crippen molar-refractivity contribution in [3.63, 3.8) is 0 Å². The summed E-state index contributed by atoms with van der Waals surface area (Å²) in [6.07, 6.45) is 4.30. The number of hydrogen-bond donors (Lipinski definition) is 1. The molecule has 1 atom stereocenters. The maximum Gasteiger partial charge on any atom is 0.269 e. The summed E-state index contributed by atoms with van der Waals surface area (Å²) in [6.45, 7) is 2.51. The van der Waals surface area contributed by atoms with Crippen LogP contribution in [0.1, 0.15) is 18.1 Å². The number of hydrogen-bond acceptors (Lipinski definition) is 4. The minimum Gasteiger partial charge on any atom is -0.330 e. The number of benzene rings is 1. The fraction of sp³-hybridized carbons (Fsp3) is 0.267. The number of nitro groups is 1. The van der Waals surface area contributed by atoms with E-state index in [1.54, 1.807) is 18.3 Å². The van der Waals surface area contributed by atoms with E-state index in [9.17, 15) is 10.1 Å². The Kier molecular flexibility index (Phi) is 4.10. The Hall–Kier alpha value is -2.27. The second kappa shape index (κ2) is 5.79. The van der Waals surface area contributed by atoms with Gasteiger partial charge in [-0.05, 0) is 23.6 Å². The molecule has 0 bridgehead atoms. The molecule has 2 rings (SSSR count). The Morgan fingerprint density at radius 2 is 2.00 bits per heavy atom. The minimum atomic E-state index is -0.398. The fourth-order valence-electron chi connectivity index (χ4n) is 2.23. The van der Waals surface area contributed by atoms with E-state index in [1.807, 2.05) is 18.3 Å². The van der Waals surface area contributed by atoms with Crippen LogP contribution in [0.5, 0.6) is 0 Å². The molecule has 0 saturated heterocycles. The molecule has 0 aliphatic carbocycles. The van der Waals surface area contributed by atoms with E-state index < -0.39 is 4.92 Å². The molecule has 5 heteroatoms.